The van der Waals surface area contributed by atoms with Gasteiger partial charge in [0.05, 0.1) is 25.7 Å². The second-order valence-corrected chi connectivity index (χ2v) is 5.09. The number of carbonyl (C=O) groups is 1. The first-order valence-electron chi connectivity index (χ1n) is 6.89. The lowest BCUT2D eigenvalue weighted by atomic mass is 10.0. The molecule has 2 atom stereocenters. The molecule has 1 aromatic rings. The van der Waals surface area contributed by atoms with Crippen molar-refractivity contribution in [2.75, 3.05) is 19.8 Å². The van der Waals surface area contributed by atoms with Crippen molar-refractivity contribution in [1.29, 1.82) is 0 Å². The lowest BCUT2D eigenvalue weighted by Gasteiger charge is -2.29. The van der Waals surface area contributed by atoms with Gasteiger partial charge in [-0.2, -0.15) is 0 Å². The molecule has 0 amide bonds. The standard InChI is InChI=1S/C15H21NO4/c1-2-16(14-10-20-9-13(14)15(18)19)7-11-3-5-12(8-17)6-4-11/h3-6,13-14,17H,2,7-10H2,1H3,(H,18,19). The van der Waals surface area contributed by atoms with E-state index in [1.165, 1.54) is 0 Å². The number of hydrogen-bond donors (Lipinski definition) is 2. The molecule has 0 aliphatic carbocycles. The summed E-state index contributed by atoms with van der Waals surface area (Å²) in [5.74, 6) is -1.24. The van der Waals surface area contributed by atoms with Gasteiger partial charge in [0.1, 0.15) is 0 Å². The van der Waals surface area contributed by atoms with Gasteiger partial charge in [-0.1, -0.05) is 31.2 Å². The van der Waals surface area contributed by atoms with Crippen molar-refractivity contribution >= 4 is 5.97 Å². The summed E-state index contributed by atoms with van der Waals surface area (Å²) in [6.07, 6.45) is 0. The zero-order valence-corrected chi connectivity index (χ0v) is 11.7. The minimum absolute atomic E-state index is 0.0370. The van der Waals surface area contributed by atoms with Gasteiger partial charge in [-0.3, -0.25) is 9.69 Å². The molecule has 1 heterocycles. The van der Waals surface area contributed by atoms with Crippen LogP contribution in [0.2, 0.25) is 0 Å². The SMILES string of the molecule is CCN(Cc1ccc(CO)cc1)C1COCC1C(=O)O. The van der Waals surface area contributed by atoms with E-state index in [1.807, 2.05) is 31.2 Å². The monoisotopic (exact) mass is 279 g/mol. The summed E-state index contributed by atoms with van der Waals surface area (Å²) in [5, 5.41) is 18.3. The quantitative estimate of drug-likeness (QED) is 0.816. The summed E-state index contributed by atoms with van der Waals surface area (Å²) in [6.45, 7) is 4.30. The van der Waals surface area contributed by atoms with Crippen molar-refractivity contribution in [3.05, 3.63) is 35.4 Å². The normalized spacial score (nSPS) is 22.4. The van der Waals surface area contributed by atoms with E-state index in [9.17, 15) is 9.90 Å². The largest absolute Gasteiger partial charge is 0.481 e. The van der Waals surface area contributed by atoms with E-state index in [4.69, 9.17) is 9.84 Å². The number of carboxylic acids is 1. The minimum Gasteiger partial charge on any atom is -0.481 e. The predicted molar refractivity (Wildman–Crippen MR) is 74.2 cm³/mol. The zero-order chi connectivity index (χ0) is 14.5. The number of likely N-dealkylation sites (N-methyl/N-ethyl adjacent to an activating group) is 1. The average Bonchev–Trinajstić information content (AvgIpc) is 2.95. The number of carboxylic acid groups (broad SMARTS) is 1. The Bertz CT molecular complexity index is 446. The van der Waals surface area contributed by atoms with E-state index in [0.29, 0.717) is 19.8 Å². The molecule has 0 spiro atoms. The topological polar surface area (TPSA) is 70.0 Å². The molecule has 5 nitrogen and oxygen atoms in total. The van der Waals surface area contributed by atoms with Crippen LogP contribution in [0.25, 0.3) is 0 Å². The van der Waals surface area contributed by atoms with Crippen LogP contribution in [0.4, 0.5) is 0 Å². The highest BCUT2D eigenvalue weighted by Gasteiger charge is 2.37. The first-order chi connectivity index (χ1) is 9.65. The third kappa shape index (κ3) is 3.36. The third-order valence-electron chi connectivity index (χ3n) is 3.83. The van der Waals surface area contributed by atoms with Crippen molar-refractivity contribution in [2.45, 2.75) is 26.1 Å². The second kappa shape index (κ2) is 6.83. The highest BCUT2D eigenvalue weighted by molar-refractivity contribution is 5.71. The first kappa shape index (κ1) is 15.0. The molecule has 0 bridgehead atoms. The number of rotatable bonds is 6. The van der Waals surface area contributed by atoms with Crippen LogP contribution in [0.1, 0.15) is 18.1 Å². The van der Waals surface area contributed by atoms with Crippen LogP contribution in [-0.4, -0.2) is 46.9 Å². The molecular weight excluding hydrogens is 258 g/mol. The summed E-state index contributed by atoms with van der Waals surface area (Å²) in [6, 6.07) is 7.65. The van der Waals surface area contributed by atoms with Crippen molar-refractivity contribution in [3.8, 4) is 0 Å². The Kier molecular flexibility index (Phi) is 5.11. The van der Waals surface area contributed by atoms with Crippen LogP contribution in [0.15, 0.2) is 24.3 Å². The number of hydrogen-bond acceptors (Lipinski definition) is 4. The van der Waals surface area contributed by atoms with Crippen LogP contribution in [0.5, 0.6) is 0 Å². The average molecular weight is 279 g/mol. The molecule has 0 radical (unpaired) electrons. The number of aliphatic carboxylic acids is 1. The van der Waals surface area contributed by atoms with Gasteiger partial charge < -0.3 is 14.9 Å². The molecule has 110 valence electrons. The van der Waals surface area contributed by atoms with Gasteiger partial charge in [-0.05, 0) is 17.7 Å². The van der Waals surface area contributed by atoms with E-state index < -0.39 is 11.9 Å². The van der Waals surface area contributed by atoms with E-state index in [-0.39, 0.29) is 12.6 Å². The Morgan fingerprint density at radius 2 is 1.95 bits per heavy atom. The predicted octanol–water partition coefficient (Wildman–Crippen LogP) is 1.10. The van der Waals surface area contributed by atoms with Crippen molar-refractivity contribution in [3.63, 3.8) is 0 Å². The van der Waals surface area contributed by atoms with Crippen molar-refractivity contribution < 1.29 is 19.7 Å². The molecular formula is C15H21NO4. The summed E-state index contributed by atoms with van der Waals surface area (Å²) in [4.78, 5) is 13.4. The maximum atomic E-state index is 11.2. The Morgan fingerprint density at radius 3 is 2.50 bits per heavy atom. The smallest absolute Gasteiger partial charge is 0.310 e. The minimum atomic E-state index is -0.790. The number of nitrogens with zero attached hydrogens (tertiary/aromatic N) is 1. The molecule has 0 aromatic heterocycles. The van der Waals surface area contributed by atoms with Crippen molar-refractivity contribution in [1.82, 2.24) is 4.90 Å². The van der Waals surface area contributed by atoms with Crippen LogP contribution in [0, 0.1) is 5.92 Å². The highest BCUT2D eigenvalue weighted by Crippen LogP contribution is 2.22. The fraction of sp³-hybridized carbons (Fsp3) is 0.533. The first-order valence-corrected chi connectivity index (χ1v) is 6.89. The fourth-order valence-corrected chi connectivity index (χ4v) is 2.59. The Morgan fingerprint density at radius 1 is 1.30 bits per heavy atom. The summed E-state index contributed by atoms with van der Waals surface area (Å²) >= 11 is 0. The number of benzene rings is 1. The van der Waals surface area contributed by atoms with Gasteiger partial charge in [-0.15, -0.1) is 0 Å². The van der Waals surface area contributed by atoms with Crippen LogP contribution in [-0.2, 0) is 22.7 Å². The molecule has 2 unspecified atom stereocenters. The molecule has 1 aliphatic rings. The van der Waals surface area contributed by atoms with Gasteiger partial charge in [-0.25, -0.2) is 0 Å². The van der Waals surface area contributed by atoms with E-state index in [0.717, 1.165) is 17.7 Å². The molecule has 1 fully saturated rings. The molecule has 2 N–H and O–H groups in total. The van der Waals surface area contributed by atoms with Gasteiger partial charge in [0, 0.05) is 12.6 Å². The lowest BCUT2D eigenvalue weighted by Crippen LogP contribution is -2.42. The maximum Gasteiger partial charge on any atom is 0.310 e. The summed E-state index contributed by atoms with van der Waals surface area (Å²) in [5.41, 5.74) is 1.99. The Balaban J connectivity index is 2.05. The Labute approximate surface area is 118 Å². The zero-order valence-electron chi connectivity index (χ0n) is 11.7. The molecule has 1 saturated heterocycles. The summed E-state index contributed by atoms with van der Waals surface area (Å²) < 4.78 is 5.33. The number of aliphatic hydroxyl groups is 1. The molecule has 0 saturated carbocycles. The maximum absolute atomic E-state index is 11.2. The molecule has 20 heavy (non-hydrogen) atoms. The molecule has 5 heteroatoms. The number of ether oxygens (including phenoxy) is 1. The second-order valence-electron chi connectivity index (χ2n) is 5.09. The third-order valence-corrected chi connectivity index (χ3v) is 3.83. The summed E-state index contributed by atoms with van der Waals surface area (Å²) in [7, 11) is 0. The van der Waals surface area contributed by atoms with Crippen LogP contribution >= 0.6 is 0 Å². The fourth-order valence-electron chi connectivity index (χ4n) is 2.59. The van der Waals surface area contributed by atoms with E-state index in [2.05, 4.69) is 4.90 Å². The van der Waals surface area contributed by atoms with Gasteiger partial charge in [0.2, 0.25) is 0 Å². The van der Waals surface area contributed by atoms with Crippen LogP contribution in [0.3, 0.4) is 0 Å². The lowest BCUT2D eigenvalue weighted by molar-refractivity contribution is -0.143. The molecule has 1 aromatic carbocycles. The van der Waals surface area contributed by atoms with Crippen molar-refractivity contribution in [2.24, 2.45) is 5.92 Å². The Hall–Kier alpha value is -1.43. The molecule has 2 rings (SSSR count). The highest BCUT2D eigenvalue weighted by atomic mass is 16.5. The van der Waals surface area contributed by atoms with E-state index >= 15 is 0 Å². The van der Waals surface area contributed by atoms with Crippen LogP contribution < -0.4 is 0 Å². The van der Waals surface area contributed by atoms with Gasteiger partial charge in [0.25, 0.3) is 0 Å². The number of aliphatic hydroxyl groups excluding tert-OH is 1. The molecule has 1 aliphatic heterocycles. The van der Waals surface area contributed by atoms with Gasteiger partial charge >= 0.3 is 5.97 Å². The van der Waals surface area contributed by atoms with E-state index in [1.54, 1.807) is 0 Å². The van der Waals surface area contributed by atoms with Gasteiger partial charge in [0.15, 0.2) is 0 Å².